The van der Waals surface area contributed by atoms with Crippen LogP contribution >= 0.6 is 23.5 Å². The average molecular weight is 501 g/mol. The fourth-order valence-electron chi connectivity index (χ4n) is 4.12. The number of anilines is 2. The number of benzene rings is 1. The standard InChI is InChI=1S/C24H32ClF3N4S/c1-3-4-12-29-13-6-5-10-24(2)11-14-32(16-24)18-15-17(26)23(22(28)21(18)25)33-31-20-9-7-8-19(27)30-20/h7-9,15,29H,3-6,10-14,16H2,1-2H3,(H,30,31). The number of hydrogen-bond acceptors (Lipinski definition) is 5. The lowest BCUT2D eigenvalue weighted by Crippen LogP contribution is -2.26. The average Bonchev–Trinajstić information content (AvgIpc) is 3.17. The first-order valence-corrected chi connectivity index (χ1v) is 12.7. The van der Waals surface area contributed by atoms with Gasteiger partial charge in [-0.05, 0) is 68.3 Å². The summed E-state index contributed by atoms with van der Waals surface area (Å²) in [5, 5.41) is 3.37. The summed E-state index contributed by atoms with van der Waals surface area (Å²) in [5.41, 5.74) is 0.474. The zero-order valence-corrected chi connectivity index (χ0v) is 20.8. The summed E-state index contributed by atoms with van der Waals surface area (Å²) in [6.07, 6.45) is 6.68. The molecule has 9 heteroatoms. The molecule has 1 aromatic carbocycles. The molecule has 1 unspecified atom stereocenters. The highest BCUT2D eigenvalue weighted by atomic mass is 35.5. The van der Waals surface area contributed by atoms with Gasteiger partial charge < -0.3 is 14.9 Å². The number of nitrogens with zero attached hydrogens (tertiary/aromatic N) is 2. The first-order valence-electron chi connectivity index (χ1n) is 11.5. The van der Waals surface area contributed by atoms with Crippen molar-refractivity contribution in [3.05, 3.63) is 46.9 Å². The number of rotatable bonds is 12. The zero-order chi connectivity index (χ0) is 23.8. The Labute approximate surface area is 203 Å². The molecule has 1 atom stereocenters. The molecule has 1 aromatic heterocycles. The lowest BCUT2D eigenvalue weighted by atomic mass is 9.84. The van der Waals surface area contributed by atoms with Gasteiger partial charge in [0.05, 0.1) is 5.69 Å². The van der Waals surface area contributed by atoms with Crippen molar-refractivity contribution in [1.82, 2.24) is 10.3 Å². The van der Waals surface area contributed by atoms with E-state index in [0.717, 1.165) is 38.8 Å². The molecule has 2 aromatic rings. The van der Waals surface area contributed by atoms with E-state index in [2.05, 4.69) is 28.9 Å². The molecule has 1 aliphatic heterocycles. The molecule has 0 amide bonds. The van der Waals surface area contributed by atoms with Crippen molar-refractivity contribution in [3.8, 4) is 0 Å². The Bertz CT molecular complexity index is 933. The van der Waals surface area contributed by atoms with Gasteiger partial charge in [0, 0.05) is 19.2 Å². The summed E-state index contributed by atoms with van der Waals surface area (Å²) in [5.74, 6) is -2.06. The number of hydrogen-bond donors (Lipinski definition) is 2. The van der Waals surface area contributed by atoms with Crippen molar-refractivity contribution in [2.45, 2.75) is 57.3 Å². The molecule has 2 heterocycles. The van der Waals surface area contributed by atoms with Gasteiger partial charge in [-0.1, -0.05) is 44.4 Å². The maximum Gasteiger partial charge on any atom is 0.214 e. The summed E-state index contributed by atoms with van der Waals surface area (Å²) in [7, 11) is 0. The predicted molar refractivity (Wildman–Crippen MR) is 132 cm³/mol. The van der Waals surface area contributed by atoms with Gasteiger partial charge in [0.2, 0.25) is 5.95 Å². The van der Waals surface area contributed by atoms with Gasteiger partial charge in [-0.15, -0.1) is 0 Å². The number of aromatic nitrogens is 1. The Balaban J connectivity index is 1.58. The SMILES string of the molecule is CCCCNCCCCC1(C)CCN(c2cc(F)c(SNc3cccc(F)n3)c(F)c2Cl)C1. The molecular weight excluding hydrogens is 469 g/mol. The van der Waals surface area contributed by atoms with Crippen molar-refractivity contribution in [2.75, 3.05) is 35.8 Å². The second kappa shape index (κ2) is 12.2. The van der Waals surface area contributed by atoms with E-state index < -0.39 is 17.6 Å². The second-order valence-corrected chi connectivity index (χ2v) is 10.1. The molecule has 4 nitrogen and oxygen atoms in total. The number of pyridine rings is 1. The highest BCUT2D eigenvalue weighted by molar-refractivity contribution is 8.00. The smallest absolute Gasteiger partial charge is 0.214 e. The minimum absolute atomic E-state index is 0.0950. The van der Waals surface area contributed by atoms with Gasteiger partial charge >= 0.3 is 0 Å². The minimum atomic E-state index is -0.827. The maximum atomic E-state index is 15.0. The van der Waals surface area contributed by atoms with Crippen LogP contribution in [0, 0.1) is 23.0 Å². The first-order chi connectivity index (χ1) is 15.8. The third-order valence-electron chi connectivity index (χ3n) is 6.06. The Kier molecular flexibility index (Phi) is 9.58. The van der Waals surface area contributed by atoms with Crippen molar-refractivity contribution in [1.29, 1.82) is 0 Å². The van der Waals surface area contributed by atoms with Gasteiger partial charge in [-0.3, -0.25) is 0 Å². The third kappa shape index (κ3) is 7.17. The normalized spacial score (nSPS) is 18.2. The number of halogens is 4. The molecule has 1 aliphatic rings. The van der Waals surface area contributed by atoms with Crippen LogP contribution < -0.4 is 14.9 Å². The van der Waals surface area contributed by atoms with E-state index >= 15 is 0 Å². The van der Waals surface area contributed by atoms with Gasteiger partial charge in [-0.25, -0.2) is 13.8 Å². The molecular formula is C24H32ClF3N4S. The molecule has 0 spiro atoms. The molecule has 1 fully saturated rings. The van der Waals surface area contributed by atoms with Gasteiger partial charge in [0.25, 0.3) is 0 Å². The van der Waals surface area contributed by atoms with E-state index in [4.69, 9.17) is 11.6 Å². The monoisotopic (exact) mass is 500 g/mol. The van der Waals surface area contributed by atoms with E-state index in [0.29, 0.717) is 30.7 Å². The Morgan fingerprint density at radius 1 is 1.18 bits per heavy atom. The van der Waals surface area contributed by atoms with Crippen LogP contribution in [-0.4, -0.2) is 31.2 Å². The molecule has 0 bridgehead atoms. The van der Waals surface area contributed by atoms with Crippen LogP contribution in [-0.2, 0) is 0 Å². The topological polar surface area (TPSA) is 40.2 Å². The van der Waals surface area contributed by atoms with Crippen molar-refractivity contribution in [2.24, 2.45) is 5.41 Å². The van der Waals surface area contributed by atoms with E-state index in [9.17, 15) is 13.2 Å². The Morgan fingerprint density at radius 2 is 1.97 bits per heavy atom. The second-order valence-electron chi connectivity index (χ2n) is 8.93. The largest absolute Gasteiger partial charge is 0.370 e. The zero-order valence-electron chi connectivity index (χ0n) is 19.2. The van der Waals surface area contributed by atoms with Gasteiger partial charge in [0.15, 0.2) is 5.82 Å². The van der Waals surface area contributed by atoms with Crippen LogP contribution in [0.25, 0.3) is 0 Å². The van der Waals surface area contributed by atoms with Crippen molar-refractivity contribution in [3.63, 3.8) is 0 Å². The van der Waals surface area contributed by atoms with Gasteiger partial charge in [0.1, 0.15) is 21.6 Å². The Morgan fingerprint density at radius 3 is 2.73 bits per heavy atom. The van der Waals surface area contributed by atoms with Crippen LogP contribution in [0.3, 0.4) is 0 Å². The Hall–Kier alpha value is -1.64. The fraction of sp³-hybridized carbons (Fsp3) is 0.542. The van der Waals surface area contributed by atoms with Crippen LogP contribution in [0.2, 0.25) is 5.02 Å². The maximum absolute atomic E-state index is 15.0. The molecule has 0 radical (unpaired) electrons. The summed E-state index contributed by atoms with van der Waals surface area (Å²) in [4.78, 5) is 5.33. The highest BCUT2D eigenvalue weighted by Gasteiger charge is 2.35. The van der Waals surface area contributed by atoms with Crippen LogP contribution in [0.15, 0.2) is 29.2 Å². The molecule has 3 rings (SSSR count). The van der Waals surface area contributed by atoms with E-state index in [1.54, 1.807) is 0 Å². The lowest BCUT2D eigenvalue weighted by molar-refractivity contribution is 0.323. The molecule has 0 aliphatic carbocycles. The minimum Gasteiger partial charge on any atom is -0.370 e. The molecule has 182 valence electrons. The molecule has 0 saturated carbocycles. The van der Waals surface area contributed by atoms with Crippen molar-refractivity contribution < 1.29 is 13.2 Å². The summed E-state index contributed by atoms with van der Waals surface area (Å²) in [6.45, 7) is 7.94. The molecule has 33 heavy (non-hydrogen) atoms. The third-order valence-corrected chi connectivity index (χ3v) is 7.31. The lowest BCUT2D eigenvalue weighted by Gasteiger charge is -2.26. The van der Waals surface area contributed by atoms with E-state index in [-0.39, 0.29) is 21.2 Å². The van der Waals surface area contributed by atoms with Crippen LogP contribution in [0.1, 0.15) is 52.4 Å². The highest BCUT2D eigenvalue weighted by Crippen LogP contribution is 2.42. The number of nitrogens with one attached hydrogen (secondary N) is 2. The molecule has 2 N–H and O–H groups in total. The van der Waals surface area contributed by atoms with E-state index in [1.165, 1.54) is 37.1 Å². The molecule has 1 saturated heterocycles. The predicted octanol–water partition coefficient (Wildman–Crippen LogP) is 7.05. The first kappa shape index (κ1) is 26.0. The quantitative estimate of drug-likeness (QED) is 0.141. The summed E-state index contributed by atoms with van der Waals surface area (Å²) < 4.78 is 45.7. The summed E-state index contributed by atoms with van der Waals surface area (Å²) >= 11 is 7.01. The van der Waals surface area contributed by atoms with E-state index in [1.807, 2.05) is 4.90 Å². The van der Waals surface area contributed by atoms with Crippen molar-refractivity contribution >= 4 is 35.1 Å². The number of unbranched alkanes of at least 4 members (excludes halogenated alkanes) is 2. The van der Waals surface area contributed by atoms with Crippen LogP contribution in [0.5, 0.6) is 0 Å². The fourth-order valence-corrected chi connectivity index (χ4v) is 5.11. The van der Waals surface area contributed by atoms with Gasteiger partial charge in [-0.2, -0.15) is 4.39 Å². The van der Waals surface area contributed by atoms with Crippen LogP contribution in [0.4, 0.5) is 24.7 Å². The summed E-state index contributed by atoms with van der Waals surface area (Å²) in [6, 6.07) is 5.45.